The van der Waals surface area contributed by atoms with Gasteiger partial charge in [-0.3, -0.25) is 4.21 Å². The Hall–Kier alpha value is -0.892. The molecule has 0 saturated carbocycles. The van der Waals surface area contributed by atoms with E-state index in [1.807, 2.05) is 30.3 Å². The Labute approximate surface area is 123 Å². The fourth-order valence-corrected chi connectivity index (χ4v) is 0.609. The molecule has 0 aromatic heterocycles. The van der Waals surface area contributed by atoms with Gasteiger partial charge in [-0.25, -0.2) is 12.1 Å². The molecule has 1 unspecified atom stereocenters. The van der Waals surface area contributed by atoms with Crippen molar-refractivity contribution in [3.63, 3.8) is 0 Å². The Morgan fingerprint density at radius 2 is 1.50 bits per heavy atom. The van der Waals surface area contributed by atoms with Crippen LogP contribution in [0.4, 0.5) is 0 Å². The van der Waals surface area contributed by atoms with Crippen molar-refractivity contribution in [1.29, 1.82) is 0 Å². The summed E-state index contributed by atoms with van der Waals surface area (Å²) in [6, 6.07) is 10.0. The molecule has 0 spiro atoms. The van der Waals surface area contributed by atoms with Crippen LogP contribution in [0.2, 0.25) is 0 Å². The Morgan fingerprint density at radius 1 is 1.17 bits per heavy atom. The van der Waals surface area contributed by atoms with E-state index in [1.54, 1.807) is 0 Å². The van der Waals surface area contributed by atoms with Gasteiger partial charge in [-0.05, 0) is 0 Å². The van der Waals surface area contributed by atoms with Crippen LogP contribution in [-0.2, 0) is 46.1 Å². The zero-order chi connectivity index (χ0) is 14.5. The second-order valence-electron chi connectivity index (χ2n) is 1.72. The molecule has 7 heteroatoms. The minimum absolute atomic E-state index is 0. The smallest absolute Gasteiger partial charge is 0 e. The topological polar surface area (TPSA) is 99.8 Å². The molecule has 0 aliphatic heterocycles. The molecule has 98 valence electrons. The quantitative estimate of drug-likeness (QED) is 0.264. The average Bonchev–Trinajstić information content (AvgIpc) is 2.95. The molecule has 0 fully saturated rings. The van der Waals surface area contributed by atoms with Gasteiger partial charge in [0.2, 0.25) is 0 Å². The first-order valence-electron chi connectivity index (χ1n) is 3.72. The summed E-state index contributed by atoms with van der Waals surface area (Å²) in [6.45, 7) is 16.7. The van der Waals surface area contributed by atoms with Gasteiger partial charge in [-0.1, -0.05) is 17.2 Å². The molecule has 5 nitrogen and oxygen atoms in total. The molecule has 0 amide bonds. The molecule has 1 aromatic carbocycles. The molecule has 0 bridgehead atoms. The Kier molecular flexibility index (Phi) is 74.6. The number of hydrogen-bond donors (Lipinski definition) is 0. The molecule has 1 rings (SSSR count). The fraction of sp³-hybridized carbons (Fsp3) is 0.0909. The number of hydrogen-bond acceptors (Lipinski definition) is 2. The van der Waals surface area contributed by atoms with E-state index in [4.69, 9.17) is 14.0 Å². The number of rotatable bonds is 2. The molecular formula is C11H10MoO5S-2. The van der Waals surface area contributed by atoms with Crippen molar-refractivity contribution in [3.8, 4) is 0 Å². The van der Waals surface area contributed by atoms with E-state index in [9.17, 15) is 8.76 Å². The van der Waals surface area contributed by atoms with Gasteiger partial charge in [0.25, 0.3) is 0 Å². The van der Waals surface area contributed by atoms with E-state index in [0.29, 0.717) is 0 Å². The molecule has 0 heterocycles. The van der Waals surface area contributed by atoms with Gasteiger partial charge in [0.05, 0.1) is 0 Å². The monoisotopic (exact) mass is 352 g/mol. The molecule has 1 atom stereocenters. The summed E-state index contributed by atoms with van der Waals surface area (Å²) < 4.78 is 41.6. The summed E-state index contributed by atoms with van der Waals surface area (Å²) in [5.41, 5.74) is 0. The summed E-state index contributed by atoms with van der Waals surface area (Å²) in [6.07, 6.45) is 1.34. The van der Waals surface area contributed by atoms with Crippen molar-refractivity contribution >= 4 is 11.1 Å². The van der Waals surface area contributed by atoms with E-state index in [1.165, 1.54) is 6.08 Å². The predicted molar refractivity (Wildman–Crippen MR) is 57.8 cm³/mol. The SMILES string of the molecule is C=CCS(=O)[O-].[C-]#[O+].[C-]#[O+].[C-]#[O+].[Mo].c1cc[cH-]c1. The van der Waals surface area contributed by atoms with Crippen LogP contribution < -0.4 is 0 Å². The first-order chi connectivity index (χ1) is 8.27. The summed E-state index contributed by atoms with van der Waals surface area (Å²) in [5.74, 6) is 0.0556. The van der Waals surface area contributed by atoms with Crippen LogP contribution in [0.25, 0.3) is 0 Å². The van der Waals surface area contributed by atoms with Crippen LogP contribution >= 0.6 is 0 Å². The maximum atomic E-state index is 9.53. The molecule has 1 aromatic rings. The van der Waals surface area contributed by atoms with Crippen LogP contribution in [0, 0.1) is 20.0 Å². The minimum Gasteiger partial charge on any atom is -0.214 e. The van der Waals surface area contributed by atoms with E-state index in [2.05, 4.69) is 26.5 Å². The van der Waals surface area contributed by atoms with Crippen LogP contribution in [-0.4, -0.2) is 14.5 Å². The third-order valence-electron chi connectivity index (χ3n) is 0.809. The van der Waals surface area contributed by atoms with Gasteiger partial charge in [0, 0.05) is 26.8 Å². The zero-order valence-electron chi connectivity index (χ0n) is 9.24. The fourth-order valence-electron chi connectivity index (χ4n) is 0.417. The first-order valence-corrected chi connectivity index (χ1v) is 4.96. The summed E-state index contributed by atoms with van der Waals surface area (Å²) in [7, 11) is 0. The standard InChI is InChI=1S/C5H5.C3H6O2S.3CO.Mo/c1-2-4-5-3-1;1-2-3-6(4)5;3*1-2;/h1-5H;2H,1,3H2,(H,4,5);;;;/q-1;;;;;/p-1. The van der Waals surface area contributed by atoms with Crippen LogP contribution in [0.3, 0.4) is 0 Å². The van der Waals surface area contributed by atoms with Gasteiger partial charge in [0.1, 0.15) is 0 Å². The molecule has 0 N–H and O–H groups in total. The van der Waals surface area contributed by atoms with Crippen LogP contribution in [0.1, 0.15) is 0 Å². The maximum absolute atomic E-state index is 9.53. The van der Waals surface area contributed by atoms with Crippen molar-refractivity contribution < 1.29 is 43.8 Å². The second kappa shape index (κ2) is 44.3. The first kappa shape index (κ1) is 30.3. The summed E-state index contributed by atoms with van der Waals surface area (Å²) in [5, 5.41) is 0. The van der Waals surface area contributed by atoms with Gasteiger partial charge in [-0.2, -0.15) is 18.2 Å². The van der Waals surface area contributed by atoms with Crippen molar-refractivity contribution in [2.45, 2.75) is 0 Å². The van der Waals surface area contributed by atoms with Crippen LogP contribution in [0.5, 0.6) is 0 Å². The van der Waals surface area contributed by atoms with Crippen molar-refractivity contribution in [1.82, 2.24) is 0 Å². The summed E-state index contributed by atoms with van der Waals surface area (Å²) in [4.78, 5) is 0. The largest absolute Gasteiger partial charge is 0.214 e. The molecule has 0 aliphatic rings. The second-order valence-corrected chi connectivity index (χ2v) is 2.66. The normalized spacial score (nSPS) is 7.06. The Balaban J connectivity index is -0.0000000428. The van der Waals surface area contributed by atoms with E-state index < -0.39 is 11.1 Å². The average molecular weight is 350 g/mol. The van der Waals surface area contributed by atoms with Crippen molar-refractivity contribution in [2.24, 2.45) is 0 Å². The van der Waals surface area contributed by atoms with Gasteiger partial charge < -0.3 is 4.55 Å². The van der Waals surface area contributed by atoms with Crippen LogP contribution in [0.15, 0.2) is 43.0 Å². The van der Waals surface area contributed by atoms with Gasteiger partial charge in [0.15, 0.2) is 0 Å². The molecule has 18 heavy (non-hydrogen) atoms. The van der Waals surface area contributed by atoms with Crippen molar-refractivity contribution in [3.05, 3.63) is 62.9 Å². The molecular weight excluding hydrogens is 340 g/mol. The predicted octanol–water partition coefficient (Wildman–Crippen LogP) is 1.34. The molecule has 0 radical (unpaired) electrons. The Bertz CT molecular complexity index is 271. The Morgan fingerprint density at radius 3 is 1.56 bits per heavy atom. The minimum atomic E-state index is -1.93. The van der Waals surface area contributed by atoms with E-state index >= 15 is 0 Å². The molecule has 0 aliphatic carbocycles. The third-order valence-corrected chi connectivity index (χ3v) is 1.32. The van der Waals surface area contributed by atoms with E-state index in [-0.39, 0.29) is 26.8 Å². The summed E-state index contributed by atoms with van der Waals surface area (Å²) >= 11 is -1.93. The van der Waals surface area contributed by atoms with Gasteiger partial charge >= 0.3 is 33.9 Å². The van der Waals surface area contributed by atoms with E-state index in [0.717, 1.165) is 0 Å². The molecule has 0 saturated heterocycles. The maximum Gasteiger partial charge on any atom is 0 e. The van der Waals surface area contributed by atoms with Gasteiger partial charge in [-0.15, -0.1) is 6.58 Å². The van der Waals surface area contributed by atoms with Crippen molar-refractivity contribution in [2.75, 3.05) is 5.75 Å². The zero-order valence-corrected chi connectivity index (χ0v) is 12.1. The third kappa shape index (κ3) is 59.5.